The van der Waals surface area contributed by atoms with E-state index in [9.17, 15) is 4.79 Å². The minimum Gasteiger partial charge on any atom is -0.358 e. The lowest BCUT2D eigenvalue weighted by atomic mass is 10.1. The molecule has 0 amide bonds. The Morgan fingerprint density at radius 1 is 1.32 bits per heavy atom. The minimum absolute atomic E-state index is 0.0366. The molecule has 2 heterocycles. The lowest BCUT2D eigenvalue weighted by molar-refractivity contribution is 0.102. The number of aryl methyl sites for hydroxylation is 1. The van der Waals surface area contributed by atoms with Crippen LogP contribution < -0.4 is 0 Å². The summed E-state index contributed by atoms with van der Waals surface area (Å²) >= 11 is 1.30. The van der Waals surface area contributed by atoms with Gasteiger partial charge in [-0.15, -0.1) is 0 Å². The van der Waals surface area contributed by atoms with Gasteiger partial charge >= 0.3 is 0 Å². The third-order valence-electron chi connectivity index (χ3n) is 3.40. The van der Waals surface area contributed by atoms with E-state index < -0.39 is 0 Å². The van der Waals surface area contributed by atoms with Gasteiger partial charge < -0.3 is 4.98 Å². The fraction of sp³-hybridized carbons (Fsp3) is 0.118. The number of aromatic nitrogens is 2. The van der Waals surface area contributed by atoms with Gasteiger partial charge in [-0.05, 0) is 25.1 Å². The molecule has 5 heteroatoms. The van der Waals surface area contributed by atoms with E-state index in [1.54, 1.807) is 18.3 Å². The van der Waals surface area contributed by atoms with Gasteiger partial charge in [-0.3, -0.25) is 4.79 Å². The largest absolute Gasteiger partial charge is 0.358 e. The zero-order valence-corrected chi connectivity index (χ0v) is 12.8. The van der Waals surface area contributed by atoms with E-state index in [1.165, 1.54) is 11.8 Å². The van der Waals surface area contributed by atoms with Crippen molar-refractivity contribution >= 4 is 28.4 Å². The van der Waals surface area contributed by atoms with Crippen LogP contribution in [-0.4, -0.2) is 21.5 Å². The molecule has 1 aromatic carbocycles. The summed E-state index contributed by atoms with van der Waals surface area (Å²) in [7, 11) is 0. The molecule has 0 atom stereocenters. The van der Waals surface area contributed by atoms with E-state index in [-0.39, 0.29) is 11.5 Å². The monoisotopic (exact) mass is 307 g/mol. The molecule has 0 spiro atoms. The molecule has 2 aromatic heterocycles. The number of pyridine rings is 1. The summed E-state index contributed by atoms with van der Waals surface area (Å²) in [5, 5.41) is 10.6. The molecule has 0 fully saturated rings. The molecule has 0 aliphatic heterocycles. The number of hydrogen-bond acceptors (Lipinski definition) is 4. The quantitative estimate of drug-likeness (QED) is 0.589. The fourth-order valence-corrected chi connectivity index (χ4v) is 3.25. The summed E-state index contributed by atoms with van der Waals surface area (Å²) in [6.07, 6.45) is 1.63. The topological polar surface area (TPSA) is 69.5 Å². The van der Waals surface area contributed by atoms with Crippen LogP contribution in [0.5, 0.6) is 0 Å². The number of carbonyl (C=O) groups excluding carboxylic acids is 1. The molecule has 3 rings (SSSR count). The van der Waals surface area contributed by atoms with E-state index in [1.807, 2.05) is 31.2 Å². The van der Waals surface area contributed by atoms with Gasteiger partial charge in [-0.1, -0.05) is 30.0 Å². The van der Waals surface area contributed by atoms with Crippen LogP contribution in [0.2, 0.25) is 0 Å². The summed E-state index contributed by atoms with van der Waals surface area (Å²) < 4.78 is 0. The Bertz CT molecular complexity index is 892. The van der Waals surface area contributed by atoms with Crippen molar-refractivity contribution in [3.63, 3.8) is 0 Å². The third kappa shape index (κ3) is 2.61. The maximum Gasteiger partial charge on any atom is 0.175 e. The summed E-state index contributed by atoms with van der Waals surface area (Å²) in [5.74, 6) is 0.295. The van der Waals surface area contributed by atoms with Crippen LogP contribution in [0.1, 0.15) is 21.6 Å². The van der Waals surface area contributed by atoms with Gasteiger partial charge in [-0.25, -0.2) is 4.98 Å². The summed E-state index contributed by atoms with van der Waals surface area (Å²) in [5.41, 5.74) is 3.05. The Labute approximate surface area is 132 Å². The van der Waals surface area contributed by atoms with Crippen molar-refractivity contribution in [1.29, 1.82) is 5.26 Å². The average molecular weight is 307 g/mol. The van der Waals surface area contributed by atoms with E-state index in [4.69, 9.17) is 5.26 Å². The zero-order valence-electron chi connectivity index (χ0n) is 12.0. The molecule has 0 bridgehead atoms. The molecule has 1 N–H and O–H groups in total. The molecular formula is C17H13N3OS. The van der Waals surface area contributed by atoms with E-state index >= 15 is 0 Å². The second kappa shape index (κ2) is 6.04. The Morgan fingerprint density at radius 2 is 2.14 bits per heavy atom. The van der Waals surface area contributed by atoms with E-state index in [0.717, 1.165) is 22.2 Å². The van der Waals surface area contributed by atoms with Crippen molar-refractivity contribution in [3.8, 4) is 6.07 Å². The highest BCUT2D eigenvalue weighted by molar-refractivity contribution is 8.00. The first-order chi connectivity index (χ1) is 10.7. The number of carbonyl (C=O) groups is 1. The first kappa shape index (κ1) is 14.4. The predicted octanol–water partition coefficient (Wildman–Crippen LogP) is 3.72. The van der Waals surface area contributed by atoms with Crippen molar-refractivity contribution < 1.29 is 4.79 Å². The lowest BCUT2D eigenvalue weighted by Gasteiger charge is -2.03. The Morgan fingerprint density at radius 3 is 2.95 bits per heavy atom. The Balaban J connectivity index is 1.85. The van der Waals surface area contributed by atoms with Crippen molar-refractivity contribution in [3.05, 3.63) is 59.4 Å². The summed E-state index contributed by atoms with van der Waals surface area (Å²) in [4.78, 5) is 20.0. The molecule has 108 valence electrons. The standard InChI is InChI=1S/C17H13N3OS/c1-11-16(13-6-2-3-7-14(13)20-11)15(21)10-22-17-12(9-18)5-4-8-19-17/h2-8,20H,10H2,1H3. The predicted molar refractivity (Wildman–Crippen MR) is 87.0 cm³/mol. The summed E-state index contributed by atoms with van der Waals surface area (Å²) in [6.45, 7) is 1.90. The number of nitrogens with zero attached hydrogens (tertiary/aromatic N) is 2. The molecule has 4 nitrogen and oxygen atoms in total. The number of benzene rings is 1. The molecule has 0 unspecified atom stereocenters. The van der Waals surface area contributed by atoms with Crippen LogP contribution in [0.4, 0.5) is 0 Å². The number of H-pyrrole nitrogens is 1. The number of nitrogens with one attached hydrogen (secondary N) is 1. The fourth-order valence-electron chi connectivity index (χ4n) is 2.43. The maximum atomic E-state index is 12.6. The number of aromatic amines is 1. The molecule has 0 aliphatic carbocycles. The minimum atomic E-state index is 0.0366. The number of ketones is 1. The normalized spacial score (nSPS) is 10.5. The van der Waals surface area contributed by atoms with Gasteiger partial charge in [0.15, 0.2) is 5.78 Å². The average Bonchev–Trinajstić information content (AvgIpc) is 2.88. The number of para-hydroxylation sites is 1. The Kier molecular flexibility index (Phi) is 3.94. The van der Waals surface area contributed by atoms with Crippen LogP contribution in [0.25, 0.3) is 10.9 Å². The lowest BCUT2D eigenvalue weighted by Crippen LogP contribution is -2.04. The first-order valence-electron chi connectivity index (χ1n) is 6.79. The highest BCUT2D eigenvalue weighted by atomic mass is 32.2. The van der Waals surface area contributed by atoms with Crippen LogP contribution in [0, 0.1) is 18.3 Å². The van der Waals surface area contributed by atoms with Gasteiger partial charge in [0.25, 0.3) is 0 Å². The van der Waals surface area contributed by atoms with Crippen molar-refractivity contribution in [2.24, 2.45) is 0 Å². The molecule has 0 saturated heterocycles. The van der Waals surface area contributed by atoms with Crippen LogP contribution in [0.15, 0.2) is 47.6 Å². The number of fused-ring (bicyclic) bond motifs is 1. The molecular weight excluding hydrogens is 294 g/mol. The number of rotatable bonds is 4. The number of nitriles is 1. The van der Waals surface area contributed by atoms with E-state index in [2.05, 4.69) is 16.0 Å². The van der Waals surface area contributed by atoms with Crippen molar-refractivity contribution in [2.75, 3.05) is 5.75 Å². The highest BCUT2D eigenvalue weighted by Crippen LogP contribution is 2.26. The van der Waals surface area contributed by atoms with Gasteiger partial charge in [0.1, 0.15) is 11.1 Å². The number of Topliss-reactive ketones (excluding diaryl/α,β-unsaturated/α-hetero) is 1. The van der Waals surface area contributed by atoms with Crippen LogP contribution in [-0.2, 0) is 0 Å². The second-order valence-corrected chi connectivity index (χ2v) is 5.81. The highest BCUT2D eigenvalue weighted by Gasteiger charge is 2.16. The number of hydrogen-bond donors (Lipinski definition) is 1. The molecule has 0 saturated carbocycles. The van der Waals surface area contributed by atoms with Crippen molar-refractivity contribution in [1.82, 2.24) is 9.97 Å². The maximum absolute atomic E-state index is 12.6. The van der Waals surface area contributed by atoms with Gasteiger partial charge in [-0.2, -0.15) is 5.26 Å². The third-order valence-corrected chi connectivity index (χ3v) is 4.41. The SMILES string of the molecule is Cc1[nH]c2ccccc2c1C(=O)CSc1ncccc1C#N. The van der Waals surface area contributed by atoms with Gasteiger partial charge in [0.05, 0.1) is 11.3 Å². The smallest absolute Gasteiger partial charge is 0.175 e. The molecule has 22 heavy (non-hydrogen) atoms. The van der Waals surface area contributed by atoms with E-state index in [0.29, 0.717) is 10.6 Å². The summed E-state index contributed by atoms with van der Waals surface area (Å²) in [6, 6.07) is 13.3. The second-order valence-electron chi connectivity index (χ2n) is 4.85. The number of thioether (sulfide) groups is 1. The first-order valence-corrected chi connectivity index (χ1v) is 7.77. The molecule has 3 aromatic rings. The zero-order chi connectivity index (χ0) is 15.5. The molecule has 0 radical (unpaired) electrons. The Hall–Kier alpha value is -2.58. The van der Waals surface area contributed by atoms with Gasteiger partial charge in [0.2, 0.25) is 0 Å². The van der Waals surface area contributed by atoms with Crippen LogP contribution in [0.3, 0.4) is 0 Å². The van der Waals surface area contributed by atoms with Gasteiger partial charge in [0, 0.05) is 28.4 Å². The van der Waals surface area contributed by atoms with Crippen LogP contribution >= 0.6 is 11.8 Å². The van der Waals surface area contributed by atoms with Crippen molar-refractivity contribution in [2.45, 2.75) is 11.9 Å². The molecule has 0 aliphatic rings.